The number of hydrazine groups is 1. The molecule has 0 aromatic rings. The van der Waals surface area contributed by atoms with Gasteiger partial charge in [0.2, 0.25) is 5.96 Å². The lowest BCUT2D eigenvalue weighted by Crippen LogP contribution is -2.43. The van der Waals surface area contributed by atoms with Crippen molar-refractivity contribution in [3.8, 4) is 0 Å². The molecule has 2 fully saturated rings. The zero-order valence-electron chi connectivity index (χ0n) is 10.1. The van der Waals surface area contributed by atoms with Crippen LogP contribution in [0.15, 0.2) is 4.99 Å². The van der Waals surface area contributed by atoms with Crippen molar-refractivity contribution in [2.45, 2.75) is 44.7 Å². The van der Waals surface area contributed by atoms with Crippen LogP contribution < -0.4 is 16.6 Å². The fraction of sp³-hybridized carbons (Fsp3) is 0.909. The molecule has 0 aliphatic heterocycles. The summed E-state index contributed by atoms with van der Waals surface area (Å²) < 4.78 is 0. The van der Waals surface area contributed by atoms with Gasteiger partial charge in [-0.3, -0.25) is 15.3 Å². The van der Waals surface area contributed by atoms with E-state index in [-0.39, 0.29) is 0 Å². The summed E-state index contributed by atoms with van der Waals surface area (Å²) in [5, 5.41) is 3.27. The van der Waals surface area contributed by atoms with Crippen LogP contribution in [-0.4, -0.2) is 42.6 Å². The lowest BCUT2D eigenvalue weighted by Gasteiger charge is -2.18. The van der Waals surface area contributed by atoms with Crippen LogP contribution in [0.5, 0.6) is 0 Å². The summed E-state index contributed by atoms with van der Waals surface area (Å²) in [7, 11) is 0. The SMILES string of the molecule is CCN(CCN=C(NN)NC1CC1)C1CC1. The van der Waals surface area contributed by atoms with Crippen LogP contribution in [0.4, 0.5) is 0 Å². The molecule has 5 heteroatoms. The first-order valence-electron chi connectivity index (χ1n) is 6.35. The summed E-state index contributed by atoms with van der Waals surface area (Å²) >= 11 is 0. The Morgan fingerprint density at radius 1 is 1.38 bits per heavy atom. The van der Waals surface area contributed by atoms with Crippen LogP contribution in [0.3, 0.4) is 0 Å². The molecular weight excluding hydrogens is 202 g/mol. The van der Waals surface area contributed by atoms with E-state index in [0.717, 1.165) is 31.6 Å². The standard InChI is InChI=1S/C11H23N5/c1-2-16(10-5-6-10)8-7-13-11(15-12)14-9-3-4-9/h9-10H,2-8,12H2,1H3,(H2,13,14,15). The third-order valence-corrected chi connectivity index (χ3v) is 3.18. The number of hydrogen-bond donors (Lipinski definition) is 3. The predicted molar refractivity (Wildman–Crippen MR) is 66.1 cm³/mol. The third kappa shape index (κ3) is 3.64. The highest BCUT2D eigenvalue weighted by molar-refractivity contribution is 5.79. The van der Waals surface area contributed by atoms with Crippen LogP contribution in [-0.2, 0) is 0 Å². The zero-order valence-corrected chi connectivity index (χ0v) is 10.1. The van der Waals surface area contributed by atoms with Gasteiger partial charge >= 0.3 is 0 Å². The molecule has 4 N–H and O–H groups in total. The van der Waals surface area contributed by atoms with Crippen molar-refractivity contribution in [2.24, 2.45) is 10.8 Å². The van der Waals surface area contributed by atoms with E-state index in [0.29, 0.717) is 6.04 Å². The quantitative estimate of drug-likeness (QED) is 0.258. The highest BCUT2D eigenvalue weighted by Gasteiger charge is 2.27. The highest BCUT2D eigenvalue weighted by atomic mass is 15.3. The van der Waals surface area contributed by atoms with Crippen LogP contribution >= 0.6 is 0 Å². The van der Waals surface area contributed by atoms with Crippen LogP contribution in [0, 0.1) is 0 Å². The van der Waals surface area contributed by atoms with Crippen LogP contribution in [0.1, 0.15) is 32.6 Å². The first kappa shape index (κ1) is 11.7. The number of nitrogens with one attached hydrogen (secondary N) is 2. The number of nitrogens with two attached hydrogens (primary N) is 1. The monoisotopic (exact) mass is 225 g/mol. The maximum Gasteiger partial charge on any atom is 0.205 e. The van der Waals surface area contributed by atoms with Crippen molar-refractivity contribution in [1.82, 2.24) is 15.6 Å². The summed E-state index contributed by atoms with van der Waals surface area (Å²) in [5.74, 6) is 6.16. The Bertz CT molecular complexity index is 245. The number of guanidine groups is 1. The Morgan fingerprint density at radius 3 is 2.62 bits per heavy atom. The molecule has 2 aliphatic rings. The molecule has 0 radical (unpaired) electrons. The topological polar surface area (TPSA) is 65.7 Å². The van der Waals surface area contributed by atoms with Gasteiger partial charge in [-0.1, -0.05) is 6.92 Å². The molecule has 0 aromatic heterocycles. The molecule has 2 saturated carbocycles. The van der Waals surface area contributed by atoms with E-state index in [2.05, 4.69) is 27.6 Å². The summed E-state index contributed by atoms with van der Waals surface area (Å²) in [6.07, 6.45) is 5.20. The number of nitrogens with zero attached hydrogens (tertiary/aromatic N) is 2. The first-order chi connectivity index (χ1) is 7.83. The summed E-state index contributed by atoms with van der Waals surface area (Å²) in [4.78, 5) is 6.94. The highest BCUT2D eigenvalue weighted by Crippen LogP contribution is 2.25. The van der Waals surface area contributed by atoms with Gasteiger partial charge in [0, 0.05) is 18.6 Å². The van der Waals surface area contributed by atoms with E-state index in [1.54, 1.807) is 0 Å². The molecule has 5 nitrogen and oxygen atoms in total. The predicted octanol–water partition coefficient (Wildman–Crippen LogP) is 0.0420. The van der Waals surface area contributed by atoms with Gasteiger partial charge < -0.3 is 5.32 Å². The van der Waals surface area contributed by atoms with Gasteiger partial charge in [-0.05, 0) is 32.2 Å². The Kier molecular flexibility index (Phi) is 4.01. The van der Waals surface area contributed by atoms with Gasteiger partial charge in [0.25, 0.3) is 0 Å². The summed E-state index contributed by atoms with van der Waals surface area (Å²) in [5.41, 5.74) is 2.63. The van der Waals surface area contributed by atoms with Gasteiger partial charge in [0.05, 0.1) is 6.54 Å². The van der Waals surface area contributed by atoms with Crippen molar-refractivity contribution >= 4 is 5.96 Å². The maximum absolute atomic E-state index is 5.41. The van der Waals surface area contributed by atoms with Crippen molar-refractivity contribution in [2.75, 3.05) is 19.6 Å². The van der Waals surface area contributed by atoms with Crippen molar-refractivity contribution in [3.63, 3.8) is 0 Å². The summed E-state index contributed by atoms with van der Waals surface area (Å²) in [6.45, 7) is 5.20. The summed E-state index contributed by atoms with van der Waals surface area (Å²) in [6, 6.07) is 1.42. The molecule has 0 amide bonds. The van der Waals surface area contributed by atoms with E-state index < -0.39 is 0 Å². The first-order valence-corrected chi connectivity index (χ1v) is 6.35. The van der Waals surface area contributed by atoms with Gasteiger partial charge in [0.15, 0.2) is 0 Å². The van der Waals surface area contributed by atoms with Crippen LogP contribution in [0.25, 0.3) is 0 Å². The zero-order chi connectivity index (χ0) is 11.4. The lowest BCUT2D eigenvalue weighted by atomic mass is 10.4. The van der Waals surface area contributed by atoms with E-state index in [1.807, 2.05) is 0 Å². The molecule has 2 rings (SSSR count). The molecule has 0 spiro atoms. The third-order valence-electron chi connectivity index (χ3n) is 3.18. The van der Waals surface area contributed by atoms with Gasteiger partial charge in [0.1, 0.15) is 0 Å². The maximum atomic E-state index is 5.41. The second-order valence-electron chi connectivity index (χ2n) is 4.65. The number of likely N-dealkylation sites (N-methyl/N-ethyl adjacent to an activating group) is 1. The van der Waals surface area contributed by atoms with E-state index in [9.17, 15) is 0 Å². The van der Waals surface area contributed by atoms with E-state index >= 15 is 0 Å². The van der Waals surface area contributed by atoms with Crippen molar-refractivity contribution < 1.29 is 0 Å². The molecule has 0 aromatic carbocycles. The molecule has 0 heterocycles. The lowest BCUT2D eigenvalue weighted by molar-refractivity contribution is 0.286. The number of aliphatic imine (C=N–C) groups is 1. The van der Waals surface area contributed by atoms with E-state index in [4.69, 9.17) is 5.84 Å². The Morgan fingerprint density at radius 2 is 2.12 bits per heavy atom. The molecular formula is C11H23N5. The fourth-order valence-electron chi connectivity index (χ4n) is 1.88. The largest absolute Gasteiger partial charge is 0.353 e. The smallest absolute Gasteiger partial charge is 0.205 e. The van der Waals surface area contributed by atoms with E-state index in [1.165, 1.54) is 25.7 Å². The average molecular weight is 225 g/mol. The molecule has 0 unspecified atom stereocenters. The molecule has 92 valence electrons. The minimum absolute atomic E-state index is 0.598. The Hall–Kier alpha value is -0.810. The molecule has 0 bridgehead atoms. The molecule has 0 atom stereocenters. The number of rotatable bonds is 6. The Labute approximate surface area is 97.4 Å². The molecule has 2 aliphatic carbocycles. The second kappa shape index (κ2) is 5.50. The Balaban J connectivity index is 1.68. The minimum atomic E-state index is 0.598. The molecule has 0 saturated heterocycles. The van der Waals surface area contributed by atoms with Gasteiger partial charge in [-0.15, -0.1) is 0 Å². The molecule has 16 heavy (non-hydrogen) atoms. The number of hydrogen-bond acceptors (Lipinski definition) is 3. The van der Waals surface area contributed by atoms with Gasteiger partial charge in [-0.25, -0.2) is 5.84 Å². The van der Waals surface area contributed by atoms with Crippen molar-refractivity contribution in [1.29, 1.82) is 0 Å². The normalized spacial score (nSPS) is 21.3. The fourth-order valence-corrected chi connectivity index (χ4v) is 1.88. The van der Waals surface area contributed by atoms with Crippen LogP contribution in [0.2, 0.25) is 0 Å². The minimum Gasteiger partial charge on any atom is -0.353 e. The average Bonchev–Trinajstić information content (AvgIpc) is 3.15. The van der Waals surface area contributed by atoms with Gasteiger partial charge in [-0.2, -0.15) is 0 Å². The second-order valence-corrected chi connectivity index (χ2v) is 4.65. The van der Waals surface area contributed by atoms with Crippen molar-refractivity contribution in [3.05, 3.63) is 0 Å².